The van der Waals surface area contributed by atoms with E-state index in [0.29, 0.717) is 44.9 Å². The molecule has 4 atom stereocenters. The number of fused-ring (bicyclic) bond motifs is 5. The zero-order chi connectivity index (χ0) is 34.8. The molecule has 246 valence electrons. The molecule has 2 bridgehead atoms. The van der Waals surface area contributed by atoms with Gasteiger partial charge in [0.15, 0.2) is 5.78 Å². The second kappa shape index (κ2) is 11.4. The van der Waals surface area contributed by atoms with Gasteiger partial charge in [0.1, 0.15) is 11.5 Å². The summed E-state index contributed by atoms with van der Waals surface area (Å²) in [4.78, 5) is 58.2. The molecule has 1 aliphatic heterocycles. The number of non-ortho nitro benzene ring substituents is 1. The number of nitro benzene ring substituents is 1. The Morgan fingerprint density at radius 3 is 1.34 bits per heavy atom. The molecule has 5 aromatic rings. The van der Waals surface area contributed by atoms with Gasteiger partial charge in [-0.1, -0.05) is 84.9 Å². The number of amides is 2. The second-order valence-electron chi connectivity index (χ2n) is 12.6. The monoisotopic (exact) mass is 662 g/mol. The highest BCUT2D eigenvalue weighted by Gasteiger charge is 2.82. The number of nitro groups is 1. The Morgan fingerprint density at radius 1 is 0.580 bits per heavy atom. The van der Waals surface area contributed by atoms with Gasteiger partial charge >= 0.3 is 0 Å². The normalized spacial score (nSPS) is 23.7. The lowest BCUT2D eigenvalue weighted by molar-refractivity contribution is -0.384. The van der Waals surface area contributed by atoms with Gasteiger partial charge < -0.3 is 9.47 Å². The molecule has 0 spiro atoms. The lowest BCUT2D eigenvalue weighted by Crippen LogP contribution is -2.45. The topological polar surface area (TPSA) is 116 Å². The highest BCUT2D eigenvalue weighted by molar-refractivity contribution is 6.39. The van der Waals surface area contributed by atoms with Gasteiger partial charge in [0.05, 0.1) is 47.5 Å². The van der Waals surface area contributed by atoms with Crippen molar-refractivity contribution in [2.45, 2.75) is 10.8 Å². The summed E-state index contributed by atoms with van der Waals surface area (Å²) in [5.41, 5.74) is 0.736. The number of imide groups is 1. The van der Waals surface area contributed by atoms with Gasteiger partial charge in [0.2, 0.25) is 11.8 Å². The van der Waals surface area contributed by atoms with Crippen molar-refractivity contribution in [3.63, 3.8) is 0 Å². The van der Waals surface area contributed by atoms with Gasteiger partial charge in [0, 0.05) is 12.1 Å². The fourth-order valence-electron chi connectivity index (χ4n) is 8.62. The van der Waals surface area contributed by atoms with Crippen LogP contribution < -0.4 is 14.4 Å². The third-order valence-electron chi connectivity index (χ3n) is 10.5. The fourth-order valence-corrected chi connectivity index (χ4v) is 8.62. The number of hydrogen-bond acceptors (Lipinski definition) is 7. The molecular weight excluding hydrogens is 632 g/mol. The van der Waals surface area contributed by atoms with E-state index in [0.717, 1.165) is 4.90 Å². The third-order valence-corrected chi connectivity index (χ3v) is 10.5. The van der Waals surface area contributed by atoms with Crippen LogP contribution in [0.25, 0.3) is 11.1 Å². The minimum atomic E-state index is -1.59. The molecule has 1 saturated heterocycles. The third kappa shape index (κ3) is 3.97. The van der Waals surface area contributed by atoms with E-state index in [-0.39, 0.29) is 17.2 Å². The molecule has 2 amide bonds. The van der Waals surface area contributed by atoms with Crippen molar-refractivity contribution < 1.29 is 28.8 Å². The van der Waals surface area contributed by atoms with Crippen molar-refractivity contribution >= 4 is 40.1 Å². The zero-order valence-electron chi connectivity index (χ0n) is 27.1. The molecule has 0 radical (unpaired) electrons. The average Bonchev–Trinajstić information content (AvgIpc) is 3.67. The van der Waals surface area contributed by atoms with Crippen LogP contribution in [0.1, 0.15) is 22.3 Å². The van der Waals surface area contributed by atoms with E-state index in [4.69, 9.17) is 9.47 Å². The zero-order valence-corrected chi connectivity index (χ0v) is 27.1. The van der Waals surface area contributed by atoms with Gasteiger partial charge in [-0.15, -0.1) is 0 Å². The number of ether oxygens (including phenoxy) is 2. The molecule has 1 saturated carbocycles. The number of allylic oxidation sites excluding steroid dienone is 2. The highest BCUT2D eigenvalue weighted by atomic mass is 16.6. The first-order chi connectivity index (χ1) is 24.3. The fraction of sp³-hybridized carbons (Fsp3) is 0.146. The maximum absolute atomic E-state index is 16.0. The number of methoxy groups -OCH3 is 2. The van der Waals surface area contributed by atoms with Crippen LogP contribution in [0.3, 0.4) is 0 Å². The van der Waals surface area contributed by atoms with Crippen molar-refractivity contribution in [2.24, 2.45) is 11.8 Å². The van der Waals surface area contributed by atoms with Gasteiger partial charge in [-0.2, -0.15) is 0 Å². The lowest BCUT2D eigenvalue weighted by Gasteiger charge is -2.39. The largest absolute Gasteiger partial charge is 0.497 e. The molecule has 0 aromatic heterocycles. The number of carbonyl (C=O) groups is 3. The summed E-state index contributed by atoms with van der Waals surface area (Å²) in [6, 6.07) is 38.6. The molecule has 0 unspecified atom stereocenters. The summed E-state index contributed by atoms with van der Waals surface area (Å²) in [6.07, 6.45) is 0. The Hall–Kier alpha value is -6.35. The summed E-state index contributed by atoms with van der Waals surface area (Å²) in [5.74, 6) is -2.34. The molecule has 0 N–H and O–H groups in total. The maximum atomic E-state index is 16.0. The Kier molecular flexibility index (Phi) is 7.04. The van der Waals surface area contributed by atoms with E-state index in [9.17, 15) is 10.1 Å². The minimum Gasteiger partial charge on any atom is -0.497 e. The molecule has 50 heavy (non-hydrogen) atoms. The maximum Gasteiger partial charge on any atom is 0.269 e. The molecule has 3 aliphatic rings. The van der Waals surface area contributed by atoms with E-state index in [2.05, 4.69) is 0 Å². The number of ketones is 1. The summed E-state index contributed by atoms with van der Waals surface area (Å²) in [5, 5.41) is 11.5. The van der Waals surface area contributed by atoms with Crippen LogP contribution in [0.15, 0.2) is 133 Å². The Labute approximate surface area is 287 Å². The minimum absolute atomic E-state index is 0.171. The van der Waals surface area contributed by atoms with Crippen LogP contribution in [0.5, 0.6) is 11.5 Å². The average molecular weight is 663 g/mol. The first-order valence-electron chi connectivity index (χ1n) is 16.1. The van der Waals surface area contributed by atoms with Crippen molar-refractivity contribution in [2.75, 3.05) is 19.1 Å². The lowest BCUT2D eigenvalue weighted by atomic mass is 9.59. The first-order valence-corrected chi connectivity index (χ1v) is 16.1. The van der Waals surface area contributed by atoms with E-state index < -0.39 is 39.4 Å². The summed E-state index contributed by atoms with van der Waals surface area (Å²) in [6.45, 7) is 0. The summed E-state index contributed by atoms with van der Waals surface area (Å²) < 4.78 is 11.0. The number of hydrogen-bond donors (Lipinski definition) is 0. The van der Waals surface area contributed by atoms with Gasteiger partial charge in [0.25, 0.3) is 5.69 Å². The van der Waals surface area contributed by atoms with E-state index >= 15 is 14.4 Å². The molecule has 8 rings (SSSR count). The predicted octanol–water partition coefficient (Wildman–Crippen LogP) is 6.80. The number of benzene rings is 5. The second-order valence-corrected chi connectivity index (χ2v) is 12.6. The van der Waals surface area contributed by atoms with Crippen molar-refractivity contribution in [3.05, 3.63) is 166 Å². The molecule has 2 fully saturated rings. The van der Waals surface area contributed by atoms with Crippen LogP contribution >= 0.6 is 0 Å². The highest BCUT2D eigenvalue weighted by Crippen LogP contribution is 2.74. The van der Waals surface area contributed by atoms with Crippen molar-refractivity contribution in [1.29, 1.82) is 0 Å². The van der Waals surface area contributed by atoms with Crippen molar-refractivity contribution in [3.8, 4) is 11.5 Å². The van der Waals surface area contributed by atoms with E-state index in [1.807, 2.05) is 109 Å². The number of Topliss-reactive ketones (excluding diaryl/α,β-unsaturated/α-hetero) is 1. The standard InChI is InChI=1S/C41H30N2O7/c1-49-31-21-13-25(14-22-31)33-34(26-15-23-32(50-2)24-16-26)41(28-11-7-4-8-12-28)36-35(40(33,39(41)46)27-9-5-3-6-10-27)37(44)42(38(36)45)29-17-19-30(20-18-29)43(47)48/h3-24,35-36H,1-2H3/t35-,36+,40+,41-. The van der Waals surface area contributed by atoms with Gasteiger partial charge in [-0.3, -0.25) is 24.5 Å². The molecular formula is C41H30N2O7. The predicted molar refractivity (Wildman–Crippen MR) is 187 cm³/mol. The molecule has 9 heteroatoms. The number of anilines is 1. The Balaban J connectivity index is 1.51. The molecule has 5 aromatic carbocycles. The SMILES string of the molecule is COc1ccc(C2=C(c3ccc(OC)cc3)[C@]3(c4ccccc4)C(=O)[C@@]2(c2ccccc2)[C@@H]2C(=O)N(c4ccc([N+](=O)[O-])cc4)C(=O)[C@@H]23)cc1. The van der Waals surface area contributed by atoms with Gasteiger partial charge in [-0.25, -0.2) is 4.90 Å². The Morgan fingerprint density at radius 2 is 0.980 bits per heavy atom. The van der Waals surface area contributed by atoms with Crippen LogP contribution in [-0.4, -0.2) is 36.7 Å². The molecule has 2 aliphatic carbocycles. The first kappa shape index (κ1) is 31.0. The van der Waals surface area contributed by atoms with Crippen molar-refractivity contribution in [1.82, 2.24) is 0 Å². The van der Waals surface area contributed by atoms with E-state index in [1.54, 1.807) is 14.2 Å². The Bertz CT molecular complexity index is 2090. The van der Waals surface area contributed by atoms with Crippen LogP contribution in [0, 0.1) is 22.0 Å². The van der Waals surface area contributed by atoms with Gasteiger partial charge in [-0.05, 0) is 69.8 Å². The molecule has 1 heterocycles. The smallest absolute Gasteiger partial charge is 0.269 e. The number of nitrogens with zero attached hydrogens (tertiary/aromatic N) is 2. The number of carbonyl (C=O) groups excluding carboxylic acids is 3. The number of rotatable bonds is 8. The van der Waals surface area contributed by atoms with Crippen LogP contribution in [0.2, 0.25) is 0 Å². The van der Waals surface area contributed by atoms with Crippen LogP contribution in [0.4, 0.5) is 11.4 Å². The van der Waals surface area contributed by atoms with Crippen LogP contribution in [-0.2, 0) is 25.2 Å². The van der Waals surface area contributed by atoms with E-state index in [1.165, 1.54) is 24.3 Å². The quantitative estimate of drug-likeness (QED) is 0.102. The summed E-state index contributed by atoms with van der Waals surface area (Å²) in [7, 11) is 3.16. The summed E-state index contributed by atoms with van der Waals surface area (Å²) >= 11 is 0. The molecule has 9 nitrogen and oxygen atoms in total.